The summed E-state index contributed by atoms with van der Waals surface area (Å²) in [5.74, 6) is 0.377. The monoisotopic (exact) mass is 1130 g/mol. The Balaban J connectivity index is 0.000000452. The van der Waals surface area contributed by atoms with Gasteiger partial charge in [0.15, 0.2) is 0 Å². The van der Waals surface area contributed by atoms with Crippen molar-refractivity contribution in [2.75, 3.05) is 52.9 Å². The number of aliphatic hydroxyl groups is 2. The third-order valence-electron chi connectivity index (χ3n) is 17.3. The predicted molar refractivity (Wildman–Crippen MR) is 297 cm³/mol. The molecular formula is C61H106O18. The van der Waals surface area contributed by atoms with Crippen molar-refractivity contribution in [3.63, 3.8) is 0 Å². The first-order valence-electron chi connectivity index (χ1n) is 28.6. The lowest BCUT2D eigenvalue weighted by Gasteiger charge is -2.34. The quantitative estimate of drug-likeness (QED) is 0.196. The number of carbonyl (C=O) groups excluding carboxylic acids is 8. The van der Waals surface area contributed by atoms with Crippen LogP contribution >= 0.6 is 0 Å². The molecule has 0 aromatic heterocycles. The molecule has 6 atom stereocenters. The molecule has 0 bridgehead atoms. The van der Waals surface area contributed by atoms with E-state index in [1.54, 1.807) is 0 Å². The van der Waals surface area contributed by atoms with Crippen molar-refractivity contribution in [3.8, 4) is 0 Å². The van der Waals surface area contributed by atoms with E-state index < -0.39 is 5.60 Å². The maximum atomic E-state index is 11.3. The van der Waals surface area contributed by atoms with Crippen molar-refractivity contribution in [2.24, 2.45) is 61.6 Å². The average Bonchev–Trinajstić information content (AvgIpc) is 3.77. The fourth-order valence-electron chi connectivity index (χ4n) is 8.96. The molecule has 18 heteroatoms. The zero-order valence-electron chi connectivity index (χ0n) is 52.4. The van der Waals surface area contributed by atoms with Crippen LogP contribution in [0.3, 0.4) is 0 Å². The van der Waals surface area contributed by atoms with Crippen molar-refractivity contribution in [3.05, 3.63) is 0 Å². The van der Waals surface area contributed by atoms with Crippen LogP contribution in [0.25, 0.3) is 0 Å². The summed E-state index contributed by atoms with van der Waals surface area (Å²) in [6.45, 7) is 43.7. The molecule has 0 saturated carbocycles. The molecule has 8 heterocycles. The van der Waals surface area contributed by atoms with Crippen molar-refractivity contribution < 1.29 is 86.5 Å². The van der Waals surface area contributed by atoms with E-state index in [0.717, 1.165) is 32.1 Å². The topological polar surface area (TPSA) is 251 Å². The molecule has 458 valence electrons. The lowest BCUT2D eigenvalue weighted by molar-refractivity contribution is -0.160. The van der Waals surface area contributed by atoms with Gasteiger partial charge in [0, 0.05) is 55.1 Å². The number of esters is 8. The minimum atomic E-state index is -0.449. The molecule has 0 amide bonds. The molecule has 6 unspecified atom stereocenters. The highest BCUT2D eigenvalue weighted by Gasteiger charge is 2.49. The second kappa shape index (κ2) is 30.1. The minimum Gasteiger partial charge on any atom is -0.466 e. The van der Waals surface area contributed by atoms with Gasteiger partial charge in [-0.3, -0.25) is 38.4 Å². The molecule has 8 aliphatic heterocycles. The maximum absolute atomic E-state index is 11.3. The Morgan fingerprint density at radius 3 is 1.37 bits per heavy atom. The van der Waals surface area contributed by atoms with Gasteiger partial charge in [0.25, 0.3) is 0 Å². The van der Waals surface area contributed by atoms with Crippen molar-refractivity contribution >= 4 is 47.8 Å². The van der Waals surface area contributed by atoms with Gasteiger partial charge in [-0.2, -0.15) is 0 Å². The van der Waals surface area contributed by atoms with Gasteiger partial charge in [0.05, 0.1) is 75.1 Å². The van der Waals surface area contributed by atoms with Crippen molar-refractivity contribution in [1.29, 1.82) is 0 Å². The van der Waals surface area contributed by atoms with Gasteiger partial charge in [-0.05, 0) is 110 Å². The second-order valence-corrected chi connectivity index (χ2v) is 28.0. The summed E-state index contributed by atoms with van der Waals surface area (Å²) in [5.41, 5.74) is -1.02. The van der Waals surface area contributed by atoms with E-state index in [1.807, 2.05) is 69.2 Å². The van der Waals surface area contributed by atoms with Gasteiger partial charge in [0.2, 0.25) is 0 Å². The van der Waals surface area contributed by atoms with Crippen molar-refractivity contribution in [1.82, 2.24) is 0 Å². The molecule has 79 heavy (non-hydrogen) atoms. The Hall–Kier alpha value is -4.32. The third kappa shape index (κ3) is 24.4. The fraction of sp³-hybridized carbons (Fsp3) is 0.869. The van der Waals surface area contributed by atoms with Gasteiger partial charge in [-0.15, -0.1) is 0 Å². The Kier molecular flexibility index (Phi) is 27.7. The third-order valence-corrected chi connectivity index (χ3v) is 17.3. The van der Waals surface area contributed by atoms with E-state index >= 15 is 0 Å². The van der Waals surface area contributed by atoms with E-state index in [1.165, 1.54) is 0 Å². The first kappa shape index (κ1) is 72.7. The summed E-state index contributed by atoms with van der Waals surface area (Å²) in [5, 5.41) is 17.5. The summed E-state index contributed by atoms with van der Waals surface area (Å²) in [6, 6.07) is 0. The summed E-state index contributed by atoms with van der Waals surface area (Å²) in [6.07, 6.45) is 9.16. The van der Waals surface area contributed by atoms with Gasteiger partial charge < -0.3 is 48.1 Å². The lowest BCUT2D eigenvalue weighted by atomic mass is 9.76. The largest absolute Gasteiger partial charge is 0.466 e. The highest BCUT2D eigenvalue weighted by atomic mass is 16.6. The van der Waals surface area contributed by atoms with E-state index in [2.05, 4.69) is 69.2 Å². The first-order chi connectivity index (χ1) is 35.9. The molecule has 8 aliphatic rings. The second-order valence-electron chi connectivity index (χ2n) is 28.0. The molecule has 2 N–H and O–H groups in total. The van der Waals surface area contributed by atoms with E-state index in [-0.39, 0.29) is 116 Å². The van der Waals surface area contributed by atoms with Gasteiger partial charge >= 0.3 is 47.8 Å². The molecule has 18 nitrogen and oxygen atoms in total. The minimum absolute atomic E-state index is 0.00984. The lowest BCUT2D eigenvalue weighted by Crippen LogP contribution is -2.36. The van der Waals surface area contributed by atoms with Crippen LogP contribution in [0.15, 0.2) is 0 Å². The number of hydrogen-bond acceptors (Lipinski definition) is 18. The molecular weight excluding hydrogens is 1020 g/mol. The maximum Gasteiger partial charge on any atom is 0.312 e. The first-order valence-corrected chi connectivity index (χ1v) is 28.6. The van der Waals surface area contributed by atoms with Crippen LogP contribution in [0.5, 0.6) is 0 Å². The van der Waals surface area contributed by atoms with Gasteiger partial charge in [-0.1, -0.05) is 90.0 Å². The van der Waals surface area contributed by atoms with E-state index in [0.29, 0.717) is 96.4 Å². The SMILES string of the molecule is CC1(C)CC(=O)OC1(C)C.CC1(C)CCCOC1=O.CC1(C)CCOC(=O)C1.CC1(CCO)CC(C)(C)C(=O)O1.CC1C(=O)OCC1(C)CCO.CC1C(=O)OCCC1(C)C.CC1CC(=O)OCC1(C)C.CC1CCOC(=O)C1. The van der Waals surface area contributed by atoms with Crippen LogP contribution in [0, 0.1) is 61.6 Å². The average molecular weight is 1130 g/mol. The van der Waals surface area contributed by atoms with Crippen LogP contribution in [-0.2, 0) is 76.3 Å². The Bertz CT molecular complexity index is 2010. The number of cyclic esters (lactones) is 8. The Labute approximate surface area is 473 Å². The number of rotatable bonds is 4. The van der Waals surface area contributed by atoms with Crippen LogP contribution in [-0.4, -0.2) is 122 Å². The summed E-state index contributed by atoms with van der Waals surface area (Å²) >= 11 is 0. The Morgan fingerprint density at radius 2 is 1.04 bits per heavy atom. The van der Waals surface area contributed by atoms with E-state index in [4.69, 9.17) is 48.1 Å². The summed E-state index contributed by atoms with van der Waals surface area (Å²) in [7, 11) is 0. The van der Waals surface area contributed by atoms with Crippen LogP contribution < -0.4 is 0 Å². The molecule has 0 aromatic carbocycles. The van der Waals surface area contributed by atoms with Crippen molar-refractivity contribution in [2.45, 2.75) is 227 Å². The molecule has 0 aliphatic carbocycles. The molecule has 8 fully saturated rings. The molecule has 0 aromatic rings. The molecule has 0 spiro atoms. The highest BCUT2D eigenvalue weighted by Crippen LogP contribution is 2.44. The number of ether oxygens (including phenoxy) is 8. The van der Waals surface area contributed by atoms with Crippen LogP contribution in [0.2, 0.25) is 0 Å². The molecule has 0 radical (unpaired) electrons. The molecule has 8 saturated heterocycles. The zero-order chi connectivity index (χ0) is 61.2. The standard InChI is InChI=1S/C9H16O3.C8H14O3.3C8H14O2.2C7H12O2.C6H10O2/c1-8(2)6-9(3,4-5-10)12-7(8)11;1-6-7(10)11-5-8(6,2)3-4-9;1-7(2)5-6(9)10-8(7,3)4;1-6-4-7(9)10-5-8(6,2)3;1-6-7(9)10-5-4-8(6,2)3;1-7(2)3-4-9-6(8)5-7;1-7(2)4-3-5-9-6(7)8;1-5-2-3-8-6(7)4-5/h10H,4-6H2,1-3H3;6,9H,3-5H2,1-2H3;5H2,1-4H3;2*6H,4-5H2,1-3H3;2*3-5H2,1-2H3;5H,2-4H2,1H3. The zero-order valence-corrected chi connectivity index (χ0v) is 52.4. The smallest absolute Gasteiger partial charge is 0.312 e. The normalized spacial score (nSPS) is 30.6. The van der Waals surface area contributed by atoms with Gasteiger partial charge in [0.1, 0.15) is 11.2 Å². The number of hydrogen-bond donors (Lipinski definition) is 2. The summed E-state index contributed by atoms with van der Waals surface area (Å²) in [4.78, 5) is 86.8. The fourth-order valence-corrected chi connectivity index (χ4v) is 8.96. The van der Waals surface area contributed by atoms with Crippen LogP contribution in [0.4, 0.5) is 0 Å². The number of carbonyl (C=O) groups is 8. The summed E-state index contributed by atoms with van der Waals surface area (Å²) < 4.78 is 39.4. The Morgan fingerprint density at radius 1 is 0.481 bits per heavy atom. The predicted octanol–water partition coefficient (Wildman–Crippen LogP) is 10.3. The number of aliphatic hydroxyl groups excluding tert-OH is 2. The van der Waals surface area contributed by atoms with E-state index in [9.17, 15) is 38.4 Å². The van der Waals surface area contributed by atoms with Crippen LogP contribution in [0.1, 0.15) is 216 Å². The molecule has 8 rings (SSSR count). The van der Waals surface area contributed by atoms with Gasteiger partial charge in [-0.25, -0.2) is 0 Å². The highest BCUT2D eigenvalue weighted by molar-refractivity contribution is 5.79.